The first-order chi connectivity index (χ1) is 12.0. The number of carbonyl (C=O) groups excluding carboxylic acids is 3. The van der Waals surface area contributed by atoms with Crippen LogP contribution in [-0.4, -0.2) is 48.9 Å². The minimum absolute atomic E-state index is 0.0867. The smallest absolute Gasteiger partial charge is 0.309 e. The van der Waals surface area contributed by atoms with Gasteiger partial charge in [0.1, 0.15) is 0 Å². The van der Waals surface area contributed by atoms with Crippen LogP contribution in [0.3, 0.4) is 0 Å². The van der Waals surface area contributed by atoms with Gasteiger partial charge >= 0.3 is 5.97 Å². The first-order valence-electron chi connectivity index (χ1n) is 8.23. The molecule has 136 valence electrons. The van der Waals surface area contributed by atoms with Crippen molar-refractivity contribution in [2.45, 2.75) is 19.8 Å². The molecule has 2 N–H and O–H groups in total. The number of esters is 1. The second kappa shape index (κ2) is 9.53. The van der Waals surface area contributed by atoms with E-state index in [1.54, 1.807) is 31.2 Å². The molecule has 2 amide bonds. The van der Waals surface area contributed by atoms with Gasteiger partial charge in [-0.25, -0.2) is 0 Å². The van der Waals surface area contributed by atoms with E-state index in [2.05, 4.69) is 26.8 Å². The summed E-state index contributed by atoms with van der Waals surface area (Å²) in [5, 5.41) is 0. The number of hydrogen-bond acceptors (Lipinski definition) is 5. The molecule has 0 bridgehead atoms. The molecular weight excluding hydrogens is 390 g/mol. The van der Waals surface area contributed by atoms with E-state index in [0.29, 0.717) is 38.1 Å². The van der Waals surface area contributed by atoms with Gasteiger partial charge in [0.2, 0.25) is 0 Å². The van der Waals surface area contributed by atoms with Crippen LogP contribution in [0.2, 0.25) is 0 Å². The summed E-state index contributed by atoms with van der Waals surface area (Å²) in [7, 11) is 0. The lowest BCUT2D eigenvalue weighted by molar-refractivity contribution is -0.149. The Morgan fingerprint density at radius 2 is 1.80 bits per heavy atom. The molecule has 0 atom stereocenters. The SMILES string of the molecule is CCOC(=O)C1CCN(CC(=O)NNC(=O)c2ccc(Br)cc2)CC1. The Balaban J connectivity index is 1.70. The van der Waals surface area contributed by atoms with E-state index >= 15 is 0 Å². The van der Waals surface area contributed by atoms with E-state index in [4.69, 9.17) is 4.74 Å². The van der Waals surface area contributed by atoms with Gasteiger partial charge < -0.3 is 4.74 Å². The van der Waals surface area contributed by atoms with Crippen molar-refractivity contribution in [2.24, 2.45) is 5.92 Å². The van der Waals surface area contributed by atoms with E-state index in [1.165, 1.54) is 0 Å². The van der Waals surface area contributed by atoms with Gasteiger partial charge in [-0.2, -0.15) is 0 Å². The second-order valence-electron chi connectivity index (χ2n) is 5.81. The van der Waals surface area contributed by atoms with Crippen LogP contribution in [0, 0.1) is 5.92 Å². The third-order valence-corrected chi connectivity index (χ3v) is 4.53. The maximum absolute atomic E-state index is 12.0. The Hall–Kier alpha value is -1.93. The number of nitrogens with one attached hydrogen (secondary N) is 2. The van der Waals surface area contributed by atoms with Gasteiger partial charge in [-0.1, -0.05) is 15.9 Å². The summed E-state index contributed by atoms with van der Waals surface area (Å²) in [6, 6.07) is 6.83. The molecule has 8 heteroatoms. The Morgan fingerprint density at radius 3 is 2.40 bits per heavy atom. The Morgan fingerprint density at radius 1 is 1.16 bits per heavy atom. The van der Waals surface area contributed by atoms with Crippen LogP contribution in [0.25, 0.3) is 0 Å². The standard InChI is InChI=1S/C17H22BrN3O4/c1-2-25-17(24)13-7-9-21(10-8-13)11-15(22)19-20-16(23)12-3-5-14(18)6-4-12/h3-6,13H,2,7-11H2,1H3,(H,19,22)(H,20,23). The average Bonchev–Trinajstić information content (AvgIpc) is 2.61. The van der Waals surface area contributed by atoms with Crippen LogP contribution >= 0.6 is 15.9 Å². The molecule has 0 spiro atoms. The number of carbonyl (C=O) groups is 3. The highest BCUT2D eigenvalue weighted by atomic mass is 79.9. The molecular formula is C17H22BrN3O4. The minimum atomic E-state index is -0.373. The van der Waals surface area contributed by atoms with Crippen molar-refractivity contribution in [1.29, 1.82) is 0 Å². The van der Waals surface area contributed by atoms with Crippen molar-refractivity contribution in [3.05, 3.63) is 34.3 Å². The van der Waals surface area contributed by atoms with E-state index in [9.17, 15) is 14.4 Å². The fraction of sp³-hybridized carbons (Fsp3) is 0.471. The number of likely N-dealkylation sites (tertiary alicyclic amines) is 1. The van der Waals surface area contributed by atoms with Gasteiger partial charge in [0.25, 0.3) is 11.8 Å². The normalized spacial score (nSPS) is 15.4. The van der Waals surface area contributed by atoms with Gasteiger partial charge in [-0.05, 0) is 57.1 Å². The van der Waals surface area contributed by atoms with Crippen molar-refractivity contribution in [3.63, 3.8) is 0 Å². The molecule has 1 aromatic rings. The first kappa shape index (κ1) is 19.4. The van der Waals surface area contributed by atoms with Crippen LogP contribution in [0.15, 0.2) is 28.7 Å². The highest BCUT2D eigenvalue weighted by Crippen LogP contribution is 2.18. The minimum Gasteiger partial charge on any atom is -0.466 e. The molecule has 1 fully saturated rings. The highest BCUT2D eigenvalue weighted by Gasteiger charge is 2.26. The second-order valence-corrected chi connectivity index (χ2v) is 6.73. The van der Waals surface area contributed by atoms with E-state index in [-0.39, 0.29) is 30.2 Å². The number of nitrogens with zero attached hydrogens (tertiary/aromatic N) is 1. The van der Waals surface area contributed by atoms with E-state index < -0.39 is 0 Å². The first-order valence-corrected chi connectivity index (χ1v) is 9.02. The molecule has 1 heterocycles. The van der Waals surface area contributed by atoms with Crippen LogP contribution in [0.1, 0.15) is 30.1 Å². The number of piperidine rings is 1. The lowest BCUT2D eigenvalue weighted by Crippen LogP contribution is -2.48. The van der Waals surface area contributed by atoms with E-state index in [0.717, 1.165) is 4.47 Å². The molecule has 0 aromatic heterocycles. The molecule has 25 heavy (non-hydrogen) atoms. The van der Waals surface area contributed by atoms with Crippen molar-refractivity contribution >= 4 is 33.7 Å². The number of hydrogen-bond donors (Lipinski definition) is 2. The van der Waals surface area contributed by atoms with Crippen molar-refractivity contribution in [1.82, 2.24) is 15.8 Å². The van der Waals surface area contributed by atoms with Crippen molar-refractivity contribution in [3.8, 4) is 0 Å². The van der Waals surface area contributed by atoms with Gasteiger partial charge in [0.15, 0.2) is 0 Å². The van der Waals surface area contributed by atoms with Crippen LogP contribution in [0.4, 0.5) is 0 Å². The monoisotopic (exact) mass is 411 g/mol. The van der Waals surface area contributed by atoms with Crippen LogP contribution in [-0.2, 0) is 14.3 Å². The number of benzene rings is 1. The number of hydrazine groups is 1. The van der Waals surface area contributed by atoms with Gasteiger partial charge in [0.05, 0.1) is 19.1 Å². The third-order valence-electron chi connectivity index (χ3n) is 4.00. The molecule has 1 aromatic carbocycles. The Kier molecular flexibility index (Phi) is 7.39. The number of rotatable bonds is 5. The lowest BCUT2D eigenvalue weighted by atomic mass is 9.97. The summed E-state index contributed by atoms with van der Waals surface area (Å²) >= 11 is 3.30. The molecule has 2 rings (SSSR count). The Labute approximate surface area is 155 Å². The quantitative estimate of drug-likeness (QED) is 0.565. The fourth-order valence-corrected chi connectivity index (χ4v) is 2.89. The largest absolute Gasteiger partial charge is 0.466 e. The summed E-state index contributed by atoms with van der Waals surface area (Å²) in [5.74, 6) is -0.911. The molecule has 0 unspecified atom stereocenters. The van der Waals surface area contributed by atoms with E-state index in [1.807, 2.05) is 4.90 Å². The number of amides is 2. The maximum atomic E-state index is 12.0. The Bertz CT molecular complexity index is 613. The van der Waals surface area contributed by atoms with Crippen LogP contribution < -0.4 is 10.9 Å². The summed E-state index contributed by atoms with van der Waals surface area (Å²) in [5.41, 5.74) is 5.27. The van der Waals surface area contributed by atoms with Crippen molar-refractivity contribution < 1.29 is 19.1 Å². The summed E-state index contributed by atoms with van der Waals surface area (Å²) < 4.78 is 5.90. The molecule has 1 saturated heterocycles. The lowest BCUT2D eigenvalue weighted by Gasteiger charge is -2.30. The highest BCUT2D eigenvalue weighted by molar-refractivity contribution is 9.10. The van der Waals surface area contributed by atoms with Gasteiger partial charge in [0, 0.05) is 10.0 Å². The summed E-state index contributed by atoms with van der Waals surface area (Å²) in [6.45, 7) is 3.66. The maximum Gasteiger partial charge on any atom is 0.309 e. The molecule has 0 aliphatic carbocycles. The average molecular weight is 412 g/mol. The molecule has 0 radical (unpaired) electrons. The van der Waals surface area contributed by atoms with Gasteiger partial charge in [-0.3, -0.25) is 30.1 Å². The number of ether oxygens (including phenoxy) is 1. The zero-order chi connectivity index (χ0) is 18.2. The molecule has 1 aliphatic rings. The zero-order valence-electron chi connectivity index (χ0n) is 14.1. The van der Waals surface area contributed by atoms with Gasteiger partial charge in [-0.15, -0.1) is 0 Å². The summed E-state index contributed by atoms with van der Waals surface area (Å²) in [4.78, 5) is 37.5. The predicted octanol–water partition coefficient (Wildman–Crippen LogP) is 1.49. The molecule has 1 aliphatic heterocycles. The predicted molar refractivity (Wildman–Crippen MR) is 95.5 cm³/mol. The number of halogens is 1. The third kappa shape index (κ3) is 6.13. The van der Waals surface area contributed by atoms with Crippen LogP contribution in [0.5, 0.6) is 0 Å². The zero-order valence-corrected chi connectivity index (χ0v) is 15.7. The fourth-order valence-electron chi connectivity index (χ4n) is 2.63. The molecule has 0 saturated carbocycles. The molecule has 7 nitrogen and oxygen atoms in total. The topological polar surface area (TPSA) is 87.7 Å². The summed E-state index contributed by atoms with van der Waals surface area (Å²) in [6.07, 6.45) is 1.36. The van der Waals surface area contributed by atoms with Crippen molar-refractivity contribution in [2.75, 3.05) is 26.2 Å².